The van der Waals surface area contributed by atoms with Gasteiger partial charge in [-0.1, -0.05) is 24.3 Å². The van der Waals surface area contributed by atoms with E-state index >= 15 is 0 Å². The van der Waals surface area contributed by atoms with Crippen LogP contribution in [0.2, 0.25) is 0 Å². The van der Waals surface area contributed by atoms with Crippen molar-refractivity contribution in [2.75, 3.05) is 20.1 Å². The highest BCUT2D eigenvalue weighted by molar-refractivity contribution is 14.0. The minimum absolute atomic E-state index is 0. The van der Waals surface area contributed by atoms with E-state index in [-0.39, 0.29) is 24.0 Å². The Bertz CT molecular complexity index is 624. The molecule has 5 nitrogen and oxygen atoms in total. The quantitative estimate of drug-likeness (QED) is 0.440. The molecule has 1 aromatic heterocycles. The molecule has 1 unspecified atom stereocenters. The molecule has 124 valence electrons. The van der Waals surface area contributed by atoms with E-state index in [1.807, 2.05) is 24.1 Å². The number of nitrogens with zero attached hydrogens (tertiary/aromatic N) is 3. The summed E-state index contributed by atoms with van der Waals surface area (Å²) in [5.41, 5.74) is 2.99. The highest BCUT2D eigenvalue weighted by Gasteiger charge is 2.21. The van der Waals surface area contributed by atoms with Crippen molar-refractivity contribution in [3.8, 4) is 0 Å². The number of aliphatic imine (C=N–C) groups is 1. The monoisotopic (exact) mass is 425 g/mol. The SMILES string of the molecule is CN=C(NCCn1ccnc1)NCC1CCc2ccccc21.I. The molecule has 2 N–H and O–H groups in total. The summed E-state index contributed by atoms with van der Waals surface area (Å²) >= 11 is 0. The molecule has 0 spiro atoms. The van der Waals surface area contributed by atoms with Crippen LogP contribution in [0.1, 0.15) is 23.5 Å². The van der Waals surface area contributed by atoms with Crippen LogP contribution < -0.4 is 10.6 Å². The van der Waals surface area contributed by atoms with Gasteiger partial charge in [0.2, 0.25) is 0 Å². The number of aromatic nitrogens is 2. The summed E-state index contributed by atoms with van der Waals surface area (Å²) < 4.78 is 2.05. The molecule has 0 saturated carbocycles. The smallest absolute Gasteiger partial charge is 0.191 e. The van der Waals surface area contributed by atoms with Crippen LogP contribution in [0.25, 0.3) is 0 Å². The first-order valence-corrected chi connectivity index (χ1v) is 7.85. The Morgan fingerprint density at radius 2 is 2.22 bits per heavy atom. The molecule has 1 heterocycles. The van der Waals surface area contributed by atoms with Gasteiger partial charge >= 0.3 is 0 Å². The predicted molar refractivity (Wildman–Crippen MR) is 105 cm³/mol. The fourth-order valence-corrected chi connectivity index (χ4v) is 3.02. The Morgan fingerprint density at radius 3 is 3.00 bits per heavy atom. The molecule has 1 atom stereocenters. The number of halogens is 1. The van der Waals surface area contributed by atoms with Crippen LogP contribution in [0.5, 0.6) is 0 Å². The lowest BCUT2D eigenvalue weighted by Crippen LogP contribution is -2.40. The van der Waals surface area contributed by atoms with Gasteiger partial charge < -0.3 is 15.2 Å². The maximum Gasteiger partial charge on any atom is 0.191 e. The number of fused-ring (bicyclic) bond motifs is 1. The number of nitrogens with one attached hydrogen (secondary N) is 2. The Morgan fingerprint density at radius 1 is 1.35 bits per heavy atom. The minimum atomic E-state index is 0. The first-order chi connectivity index (χ1) is 10.9. The molecule has 23 heavy (non-hydrogen) atoms. The summed E-state index contributed by atoms with van der Waals surface area (Å²) in [7, 11) is 1.81. The number of guanidine groups is 1. The summed E-state index contributed by atoms with van der Waals surface area (Å²) in [6.45, 7) is 2.64. The number of hydrogen-bond acceptors (Lipinski definition) is 2. The predicted octanol–water partition coefficient (Wildman–Crippen LogP) is 2.40. The zero-order valence-electron chi connectivity index (χ0n) is 13.4. The maximum atomic E-state index is 4.29. The van der Waals surface area contributed by atoms with Gasteiger partial charge in [0.15, 0.2) is 5.96 Å². The molecule has 3 rings (SSSR count). The van der Waals surface area contributed by atoms with Crippen LogP contribution >= 0.6 is 24.0 Å². The first kappa shape index (κ1) is 17.8. The van der Waals surface area contributed by atoms with Crippen LogP contribution in [0.4, 0.5) is 0 Å². The van der Waals surface area contributed by atoms with Gasteiger partial charge in [-0.15, -0.1) is 24.0 Å². The van der Waals surface area contributed by atoms with E-state index in [1.54, 1.807) is 6.20 Å². The number of benzene rings is 1. The maximum absolute atomic E-state index is 4.29. The second-order valence-corrected chi connectivity index (χ2v) is 5.61. The van der Waals surface area contributed by atoms with Crippen molar-refractivity contribution in [1.29, 1.82) is 0 Å². The van der Waals surface area contributed by atoms with Crippen molar-refractivity contribution < 1.29 is 0 Å². The van der Waals surface area contributed by atoms with Crippen molar-refractivity contribution in [1.82, 2.24) is 20.2 Å². The Labute approximate surface area is 154 Å². The number of aryl methyl sites for hydroxylation is 1. The Hall–Kier alpha value is -1.57. The Kier molecular flexibility index (Phi) is 6.88. The third-order valence-corrected chi connectivity index (χ3v) is 4.22. The summed E-state index contributed by atoms with van der Waals surface area (Å²) in [5.74, 6) is 1.45. The number of hydrogen-bond donors (Lipinski definition) is 2. The Balaban J connectivity index is 0.00000192. The average Bonchev–Trinajstić information content (AvgIpc) is 3.20. The standard InChI is InChI=1S/C17H23N5.HI/c1-18-17(20-9-11-22-10-8-19-13-22)21-12-15-7-6-14-4-2-3-5-16(14)15;/h2-5,8,10,13,15H,6-7,9,11-12H2,1H3,(H2,18,20,21);1H. The summed E-state index contributed by atoms with van der Waals surface area (Å²) in [4.78, 5) is 8.33. The zero-order chi connectivity index (χ0) is 15.2. The minimum Gasteiger partial charge on any atom is -0.356 e. The van der Waals surface area contributed by atoms with Crippen LogP contribution in [-0.2, 0) is 13.0 Å². The van der Waals surface area contributed by atoms with E-state index in [1.165, 1.54) is 24.0 Å². The molecule has 0 aliphatic heterocycles. The van der Waals surface area contributed by atoms with Crippen LogP contribution in [-0.4, -0.2) is 35.6 Å². The molecule has 1 aliphatic rings. The van der Waals surface area contributed by atoms with Gasteiger partial charge in [-0.3, -0.25) is 4.99 Å². The van der Waals surface area contributed by atoms with Gasteiger partial charge in [0.25, 0.3) is 0 Å². The van der Waals surface area contributed by atoms with Gasteiger partial charge in [0, 0.05) is 45.0 Å². The fourth-order valence-electron chi connectivity index (χ4n) is 3.02. The highest BCUT2D eigenvalue weighted by atomic mass is 127. The van der Waals surface area contributed by atoms with Crippen molar-refractivity contribution in [2.24, 2.45) is 4.99 Å². The molecular weight excluding hydrogens is 401 g/mol. The van der Waals surface area contributed by atoms with Crippen molar-refractivity contribution in [3.63, 3.8) is 0 Å². The van der Waals surface area contributed by atoms with Gasteiger partial charge in [-0.05, 0) is 24.0 Å². The molecule has 1 aromatic carbocycles. The van der Waals surface area contributed by atoms with E-state index < -0.39 is 0 Å². The van der Waals surface area contributed by atoms with Gasteiger partial charge in [0.05, 0.1) is 6.33 Å². The van der Waals surface area contributed by atoms with Crippen LogP contribution in [0.3, 0.4) is 0 Å². The third-order valence-electron chi connectivity index (χ3n) is 4.22. The van der Waals surface area contributed by atoms with E-state index in [2.05, 4.69) is 44.9 Å². The molecule has 0 saturated heterocycles. The van der Waals surface area contributed by atoms with E-state index in [9.17, 15) is 0 Å². The second kappa shape index (κ2) is 8.90. The second-order valence-electron chi connectivity index (χ2n) is 5.61. The lowest BCUT2D eigenvalue weighted by atomic mass is 10.0. The lowest BCUT2D eigenvalue weighted by Gasteiger charge is -2.16. The summed E-state index contributed by atoms with van der Waals surface area (Å²) in [6, 6.07) is 8.76. The van der Waals surface area contributed by atoms with E-state index in [4.69, 9.17) is 0 Å². The van der Waals surface area contributed by atoms with Crippen molar-refractivity contribution in [3.05, 3.63) is 54.1 Å². The highest BCUT2D eigenvalue weighted by Crippen LogP contribution is 2.31. The zero-order valence-corrected chi connectivity index (χ0v) is 15.7. The molecule has 2 aromatic rings. The number of rotatable bonds is 5. The van der Waals surface area contributed by atoms with Gasteiger partial charge in [-0.2, -0.15) is 0 Å². The number of imidazole rings is 1. The van der Waals surface area contributed by atoms with Gasteiger partial charge in [0.1, 0.15) is 0 Å². The molecule has 0 radical (unpaired) electrons. The van der Waals surface area contributed by atoms with Crippen molar-refractivity contribution >= 4 is 29.9 Å². The molecule has 1 aliphatic carbocycles. The normalized spacial score (nSPS) is 16.6. The van der Waals surface area contributed by atoms with E-state index in [0.29, 0.717) is 5.92 Å². The topological polar surface area (TPSA) is 54.2 Å². The van der Waals surface area contributed by atoms with E-state index in [0.717, 1.165) is 25.6 Å². The molecule has 0 amide bonds. The molecule has 0 bridgehead atoms. The molecular formula is C17H24IN5. The average molecular weight is 425 g/mol. The first-order valence-electron chi connectivity index (χ1n) is 7.85. The summed E-state index contributed by atoms with van der Waals surface area (Å²) in [5, 5.41) is 6.79. The lowest BCUT2D eigenvalue weighted by molar-refractivity contribution is 0.627. The molecule has 0 fully saturated rings. The van der Waals surface area contributed by atoms with Crippen LogP contribution in [0, 0.1) is 0 Å². The largest absolute Gasteiger partial charge is 0.356 e. The molecule has 6 heteroatoms. The van der Waals surface area contributed by atoms with Crippen molar-refractivity contribution in [2.45, 2.75) is 25.3 Å². The van der Waals surface area contributed by atoms with Gasteiger partial charge in [-0.25, -0.2) is 4.98 Å². The third kappa shape index (κ3) is 4.70. The van der Waals surface area contributed by atoms with Crippen LogP contribution in [0.15, 0.2) is 48.0 Å². The summed E-state index contributed by atoms with van der Waals surface area (Å²) in [6.07, 6.45) is 8.00. The fraction of sp³-hybridized carbons (Fsp3) is 0.412.